The van der Waals surface area contributed by atoms with Gasteiger partial charge in [0, 0.05) is 7.11 Å². The molecule has 0 amide bonds. The molecule has 0 aromatic carbocycles. The first-order valence-corrected chi connectivity index (χ1v) is 14.2. The lowest BCUT2D eigenvalue weighted by molar-refractivity contribution is -0.893. The van der Waals surface area contributed by atoms with E-state index < -0.39 is 0 Å². The minimum atomic E-state index is -0.165. The summed E-state index contributed by atoms with van der Waals surface area (Å²) in [6.45, 7) is 11.6. The third kappa shape index (κ3) is 11.8. The third-order valence-electron chi connectivity index (χ3n) is 8.76. The van der Waals surface area contributed by atoms with Crippen LogP contribution in [0.15, 0.2) is 0 Å². The Kier molecular flexibility index (Phi) is 15.4. The maximum Gasteiger partial charge on any atom is 0.105 e. The quantitative estimate of drug-likeness (QED) is 0.172. The Hall–Kier alpha value is -0.120. The first-order chi connectivity index (χ1) is 15.2. The Morgan fingerprint density at radius 1 is 0.812 bits per heavy atom. The molecular weight excluding hydrogens is 394 g/mol. The molecule has 0 saturated heterocycles. The van der Waals surface area contributed by atoms with Crippen molar-refractivity contribution in [3.8, 4) is 0 Å². The smallest absolute Gasteiger partial charge is 0.105 e. The molecule has 1 N–H and O–H groups in total. The second kappa shape index (κ2) is 16.5. The van der Waals surface area contributed by atoms with Crippen LogP contribution in [-0.4, -0.2) is 56.1 Å². The molecule has 0 aromatic rings. The van der Waals surface area contributed by atoms with Crippen LogP contribution >= 0.6 is 0 Å². The van der Waals surface area contributed by atoms with Crippen LogP contribution in [0.3, 0.4) is 0 Å². The van der Waals surface area contributed by atoms with E-state index in [1.165, 1.54) is 83.6 Å². The molecule has 0 aliphatic heterocycles. The molecule has 192 valence electrons. The average molecular weight is 455 g/mol. The number of rotatable bonds is 18. The lowest BCUT2D eigenvalue weighted by atomic mass is 9.66. The standard InChI is InChI=1S/C29H60NO2/c1-8-9-10-11-12-13-14-15-16-17-21-30(5,6)23-28(31)20-18-19-27-22-29(32-7)26(4)24(2)25(27)3/h24-29,31H,8-23H2,1-7H3/q+1. The molecule has 1 fully saturated rings. The summed E-state index contributed by atoms with van der Waals surface area (Å²) >= 11 is 0. The molecule has 0 radical (unpaired) electrons. The molecule has 1 rings (SSSR count). The van der Waals surface area contributed by atoms with Gasteiger partial charge < -0.3 is 14.3 Å². The molecule has 0 spiro atoms. The van der Waals surface area contributed by atoms with Crippen molar-refractivity contribution in [2.75, 3.05) is 34.3 Å². The van der Waals surface area contributed by atoms with Gasteiger partial charge in [0.1, 0.15) is 12.6 Å². The van der Waals surface area contributed by atoms with Gasteiger partial charge >= 0.3 is 0 Å². The number of aliphatic hydroxyl groups is 1. The number of methoxy groups -OCH3 is 1. The topological polar surface area (TPSA) is 29.5 Å². The summed E-state index contributed by atoms with van der Waals surface area (Å²) in [7, 11) is 6.47. The number of ether oxygens (including phenoxy) is 1. The van der Waals surface area contributed by atoms with E-state index in [4.69, 9.17) is 4.74 Å². The Labute approximate surface area is 202 Å². The zero-order valence-corrected chi connectivity index (χ0v) is 23.1. The fraction of sp³-hybridized carbons (Fsp3) is 1.00. The number of unbranched alkanes of at least 4 members (excludes halogenated alkanes) is 9. The lowest BCUT2D eigenvalue weighted by Crippen LogP contribution is -2.46. The molecule has 0 heterocycles. The molecular formula is C29H60NO2+. The van der Waals surface area contributed by atoms with Crippen molar-refractivity contribution in [1.82, 2.24) is 0 Å². The van der Waals surface area contributed by atoms with Crippen LogP contribution < -0.4 is 0 Å². The zero-order chi connectivity index (χ0) is 24.0. The predicted octanol–water partition coefficient (Wildman–Crippen LogP) is 7.46. The maximum atomic E-state index is 10.7. The Bertz CT molecular complexity index is 450. The van der Waals surface area contributed by atoms with Gasteiger partial charge in [-0.05, 0) is 55.8 Å². The fourth-order valence-electron chi connectivity index (χ4n) is 6.06. The van der Waals surface area contributed by atoms with E-state index >= 15 is 0 Å². The van der Waals surface area contributed by atoms with Gasteiger partial charge in [-0.25, -0.2) is 0 Å². The van der Waals surface area contributed by atoms with Crippen molar-refractivity contribution < 1.29 is 14.3 Å². The number of hydrogen-bond acceptors (Lipinski definition) is 2. The van der Waals surface area contributed by atoms with E-state index in [1.807, 2.05) is 7.11 Å². The highest BCUT2D eigenvalue weighted by molar-refractivity contribution is 4.87. The molecule has 1 aliphatic rings. The van der Waals surface area contributed by atoms with Gasteiger partial charge in [-0.3, -0.25) is 0 Å². The van der Waals surface area contributed by atoms with E-state index in [0.717, 1.165) is 41.6 Å². The maximum absolute atomic E-state index is 10.7. The van der Waals surface area contributed by atoms with Crippen LogP contribution in [0.2, 0.25) is 0 Å². The van der Waals surface area contributed by atoms with Crippen LogP contribution in [0.1, 0.15) is 118 Å². The summed E-state index contributed by atoms with van der Waals surface area (Å²) in [5.41, 5.74) is 0. The predicted molar refractivity (Wildman–Crippen MR) is 140 cm³/mol. The number of aliphatic hydroxyl groups excluding tert-OH is 1. The second-order valence-corrected chi connectivity index (χ2v) is 12.0. The number of quaternary nitrogens is 1. The summed E-state index contributed by atoms with van der Waals surface area (Å²) in [5.74, 6) is 2.88. The van der Waals surface area contributed by atoms with Crippen molar-refractivity contribution in [3.05, 3.63) is 0 Å². The number of hydrogen-bond donors (Lipinski definition) is 1. The first-order valence-electron chi connectivity index (χ1n) is 14.2. The summed E-state index contributed by atoms with van der Waals surface area (Å²) in [6.07, 6.45) is 18.7. The van der Waals surface area contributed by atoms with E-state index in [0.29, 0.717) is 12.0 Å². The number of nitrogens with zero attached hydrogens (tertiary/aromatic N) is 1. The van der Waals surface area contributed by atoms with Gasteiger partial charge in [0.15, 0.2) is 0 Å². The van der Waals surface area contributed by atoms with Gasteiger partial charge in [-0.2, -0.15) is 0 Å². The normalized spacial score (nSPS) is 27.6. The minimum absolute atomic E-state index is 0.165. The molecule has 1 saturated carbocycles. The second-order valence-electron chi connectivity index (χ2n) is 12.0. The van der Waals surface area contributed by atoms with E-state index in [1.54, 1.807) is 0 Å². The van der Waals surface area contributed by atoms with Crippen molar-refractivity contribution in [2.24, 2.45) is 23.7 Å². The van der Waals surface area contributed by atoms with Crippen molar-refractivity contribution in [1.29, 1.82) is 0 Å². The molecule has 0 aromatic heterocycles. The molecule has 6 atom stereocenters. The monoisotopic (exact) mass is 454 g/mol. The van der Waals surface area contributed by atoms with Gasteiger partial charge in [0.2, 0.25) is 0 Å². The lowest BCUT2D eigenvalue weighted by Gasteiger charge is -2.43. The fourth-order valence-corrected chi connectivity index (χ4v) is 6.06. The van der Waals surface area contributed by atoms with Gasteiger partial charge in [-0.1, -0.05) is 85.5 Å². The van der Waals surface area contributed by atoms with Crippen molar-refractivity contribution in [2.45, 2.75) is 130 Å². The Morgan fingerprint density at radius 2 is 1.38 bits per heavy atom. The van der Waals surface area contributed by atoms with Crippen molar-refractivity contribution in [3.63, 3.8) is 0 Å². The van der Waals surface area contributed by atoms with Gasteiger partial charge in [0.25, 0.3) is 0 Å². The van der Waals surface area contributed by atoms with Gasteiger partial charge in [0.05, 0.1) is 26.7 Å². The third-order valence-corrected chi connectivity index (χ3v) is 8.76. The van der Waals surface area contributed by atoms with Crippen LogP contribution in [0.4, 0.5) is 0 Å². The first kappa shape index (κ1) is 29.9. The molecule has 0 bridgehead atoms. The largest absolute Gasteiger partial charge is 0.387 e. The van der Waals surface area contributed by atoms with E-state index in [9.17, 15) is 5.11 Å². The minimum Gasteiger partial charge on any atom is -0.387 e. The molecule has 1 aliphatic carbocycles. The Morgan fingerprint density at radius 3 is 1.94 bits per heavy atom. The summed E-state index contributed by atoms with van der Waals surface area (Å²) in [6, 6.07) is 0. The zero-order valence-electron chi connectivity index (χ0n) is 23.1. The van der Waals surface area contributed by atoms with Gasteiger partial charge in [-0.15, -0.1) is 0 Å². The highest BCUT2D eigenvalue weighted by Gasteiger charge is 2.37. The highest BCUT2D eigenvalue weighted by atomic mass is 16.5. The van der Waals surface area contributed by atoms with Crippen molar-refractivity contribution >= 4 is 0 Å². The van der Waals surface area contributed by atoms with Crippen LogP contribution in [0, 0.1) is 23.7 Å². The SMILES string of the molecule is CCCCCCCCCCCC[N+](C)(C)CC(O)CCCC1CC(OC)C(C)C(C)C1C. The van der Waals surface area contributed by atoms with Crippen LogP contribution in [0.5, 0.6) is 0 Å². The Balaban J connectivity index is 2.15. The highest BCUT2D eigenvalue weighted by Crippen LogP contribution is 2.41. The summed E-state index contributed by atoms with van der Waals surface area (Å²) in [4.78, 5) is 0. The summed E-state index contributed by atoms with van der Waals surface area (Å²) in [5, 5.41) is 10.7. The summed E-state index contributed by atoms with van der Waals surface area (Å²) < 4.78 is 6.74. The van der Waals surface area contributed by atoms with E-state index in [2.05, 4.69) is 41.8 Å². The van der Waals surface area contributed by atoms with Crippen LogP contribution in [-0.2, 0) is 4.74 Å². The van der Waals surface area contributed by atoms with E-state index in [-0.39, 0.29) is 6.10 Å². The molecule has 3 nitrogen and oxygen atoms in total. The van der Waals surface area contributed by atoms with Crippen LogP contribution in [0.25, 0.3) is 0 Å². The number of likely N-dealkylation sites (N-methyl/N-ethyl adjacent to an activating group) is 1. The average Bonchev–Trinajstić information content (AvgIpc) is 2.74. The molecule has 6 unspecified atom stereocenters. The molecule has 3 heteroatoms. The molecule has 32 heavy (non-hydrogen) atoms.